The standard InChI is InChI=1S/C9H8N2O2/c12-9(13)7-4-6-2-1-3-10-8(6)11-5-7/h1-3,5H,4H2,(H,10,11)(H,12,13). The number of fused-ring (bicyclic) bond motifs is 1. The fourth-order valence-electron chi connectivity index (χ4n) is 1.26. The predicted molar refractivity (Wildman–Crippen MR) is 47.3 cm³/mol. The van der Waals surface area contributed by atoms with Crippen LogP contribution in [-0.2, 0) is 11.2 Å². The maximum atomic E-state index is 10.6. The van der Waals surface area contributed by atoms with Crippen LogP contribution in [0.1, 0.15) is 5.56 Å². The topological polar surface area (TPSA) is 62.2 Å². The van der Waals surface area contributed by atoms with Gasteiger partial charge in [0.1, 0.15) is 5.82 Å². The molecule has 0 spiro atoms. The summed E-state index contributed by atoms with van der Waals surface area (Å²) in [7, 11) is 0. The summed E-state index contributed by atoms with van der Waals surface area (Å²) in [6, 6.07) is 3.66. The van der Waals surface area contributed by atoms with Gasteiger partial charge < -0.3 is 10.4 Å². The Bertz CT molecular complexity index is 385. The van der Waals surface area contributed by atoms with Crippen LogP contribution in [0.3, 0.4) is 0 Å². The van der Waals surface area contributed by atoms with E-state index in [4.69, 9.17) is 5.11 Å². The molecule has 13 heavy (non-hydrogen) atoms. The van der Waals surface area contributed by atoms with Gasteiger partial charge in [0.15, 0.2) is 0 Å². The first-order valence-corrected chi connectivity index (χ1v) is 3.90. The molecule has 1 aromatic heterocycles. The maximum absolute atomic E-state index is 10.6. The van der Waals surface area contributed by atoms with Crippen LogP contribution in [0.15, 0.2) is 30.1 Å². The Kier molecular flexibility index (Phi) is 1.73. The Morgan fingerprint density at radius 1 is 1.62 bits per heavy atom. The molecule has 0 unspecified atom stereocenters. The minimum Gasteiger partial charge on any atom is -0.478 e. The normalized spacial score (nSPS) is 14.0. The molecule has 0 bridgehead atoms. The average molecular weight is 176 g/mol. The second-order valence-corrected chi connectivity index (χ2v) is 2.81. The average Bonchev–Trinajstić information content (AvgIpc) is 2.17. The van der Waals surface area contributed by atoms with Crippen LogP contribution < -0.4 is 5.32 Å². The quantitative estimate of drug-likeness (QED) is 0.670. The van der Waals surface area contributed by atoms with E-state index in [1.165, 1.54) is 6.20 Å². The molecule has 0 radical (unpaired) electrons. The van der Waals surface area contributed by atoms with Crippen molar-refractivity contribution in [2.24, 2.45) is 0 Å². The van der Waals surface area contributed by atoms with Gasteiger partial charge in [-0.25, -0.2) is 9.78 Å². The number of carbonyl (C=O) groups is 1. The third-order valence-electron chi connectivity index (χ3n) is 1.93. The molecule has 0 saturated carbocycles. The van der Waals surface area contributed by atoms with Gasteiger partial charge in [-0.2, -0.15) is 0 Å². The van der Waals surface area contributed by atoms with E-state index in [2.05, 4.69) is 10.3 Å². The van der Waals surface area contributed by atoms with Crippen molar-refractivity contribution >= 4 is 11.8 Å². The Hall–Kier alpha value is -1.84. The largest absolute Gasteiger partial charge is 0.478 e. The van der Waals surface area contributed by atoms with Gasteiger partial charge in [0.05, 0.1) is 5.57 Å². The third kappa shape index (κ3) is 1.38. The van der Waals surface area contributed by atoms with Gasteiger partial charge in [-0.3, -0.25) is 0 Å². The van der Waals surface area contributed by atoms with Crippen LogP contribution in [-0.4, -0.2) is 16.1 Å². The minimum absolute atomic E-state index is 0.362. The van der Waals surface area contributed by atoms with Gasteiger partial charge in [0.25, 0.3) is 0 Å². The smallest absolute Gasteiger partial charge is 0.333 e. The number of anilines is 1. The molecular weight excluding hydrogens is 168 g/mol. The summed E-state index contributed by atoms with van der Waals surface area (Å²) in [5, 5.41) is 11.6. The van der Waals surface area contributed by atoms with Crippen LogP contribution in [0, 0.1) is 0 Å². The van der Waals surface area contributed by atoms with Crippen LogP contribution in [0.4, 0.5) is 5.82 Å². The number of hydrogen-bond donors (Lipinski definition) is 2. The Morgan fingerprint density at radius 2 is 2.46 bits per heavy atom. The molecule has 2 N–H and O–H groups in total. The van der Waals surface area contributed by atoms with Crippen molar-refractivity contribution in [2.45, 2.75) is 6.42 Å². The number of nitrogens with one attached hydrogen (secondary N) is 1. The van der Waals surface area contributed by atoms with Gasteiger partial charge in [0.2, 0.25) is 0 Å². The van der Waals surface area contributed by atoms with E-state index in [1.807, 2.05) is 6.07 Å². The summed E-state index contributed by atoms with van der Waals surface area (Å²) in [5.74, 6) is -0.144. The molecule has 0 aliphatic carbocycles. The number of aliphatic carboxylic acids is 1. The molecule has 4 heteroatoms. The number of hydrogen-bond acceptors (Lipinski definition) is 3. The summed E-state index contributed by atoms with van der Waals surface area (Å²) in [4.78, 5) is 14.7. The molecule has 0 aromatic carbocycles. The number of rotatable bonds is 1. The zero-order chi connectivity index (χ0) is 9.26. The van der Waals surface area contributed by atoms with E-state index < -0.39 is 5.97 Å². The van der Waals surface area contributed by atoms with Crippen molar-refractivity contribution in [3.05, 3.63) is 35.7 Å². The molecular formula is C9H8N2O2. The highest BCUT2D eigenvalue weighted by Crippen LogP contribution is 2.20. The third-order valence-corrected chi connectivity index (χ3v) is 1.93. The molecule has 2 rings (SSSR count). The highest BCUT2D eigenvalue weighted by molar-refractivity contribution is 5.88. The van der Waals surface area contributed by atoms with Crippen molar-refractivity contribution < 1.29 is 9.90 Å². The van der Waals surface area contributed by atoms with Crippen LogP contribution in [0.25, 0.3) is 0 Å². The lowest BCUT2D eigenvalue weighted by molar-refractivity contribution is -0.132. The SMILES string of the molecule is O=C(O)C1=CNc2ncccc2C1. The van der Waals surface area contributed by atoms with Gasteiger partial charge in [-0.15, -0.1) is 0 Å². The minimum atomic E-state index is -0.887. The number of pyridine rings is 1. The molecule has 66 valence electrons. The van der Waals surface area contributed by atoms with Crippen molar-refractivity contribution in [3.8, 4) is 0 Å². The lowest BCUT2D eigenvalue weighted by Crippen LogP contribution is -2.13. The van der Waals surface area contributed by atoms with Gasteiger partial charge in [-0.05, 0) is 11.6 Å². The molecule has 1 aliphatic rings. The summed E-state index contributed by atoms with van der Waals surface area (Å²) < 4.78 is 0. The van der Waals surface area contributed by atoms with E-state index in [0.29, 0.717) is 12.0 Å². The summed E-state index contributed by atoms with van der Waals surface area (Å²) in [6.45, 7) is 0. The predicted octanol–water partition coefficient (Wildman–Crippen LogP) is 1.02. The number of aromatic nitrogens is 1. The Labute approximate surface area is 74.9 Å². The lowest BCUT2D eigenvalue weighted by atomic mass is 10.0. The summed E-state index contributed by atoms with van der Waals surface area (Å²) >= 11 is 0. The molecule has 0 amide bonds. The van der Waals surface area contributed by atoms with E-state index in [9.17, 15) is 4.79 Å². The Balaban J connectivity index is 2.33. The number of carboxylic acids is 1. The van der Waals surface area contributed by atoms with Crippen LogP contribution in [0.5, 0.6) is 0 Å². The number of carboxylic acid groups (broad SMARTS) is 1. The van der Waals surface area contributed by atoms with Crippen molar-refractivity contribution in [1.82, 2.24) is 4.98 Å². The molecule has 4 nitrogen and oxygen atoms in total. The van der Waals surface area contributed by atoms with Crippen molar-refractivity contribution in [3.63, 3.8) is 0 Å². The lowest BCUT2D eigenvalue weighted by Gasteiger charge is -2.13. The molecule has 0 fully saturated rings. The van der Waals surface area contributed by atoms with E-state index >= 15 is 0 Å². The fraction of sp³-hybridized carbons (Fsp3) is 0.111. The highest BCUT2D eigenvalue weighted by Gasteiger charge is 2.15. The molecule has 0 saturated heterocycles. The van der Waals surface area contributed by atoms with E-state index in [-0.39, 0.29) is 0 Å². The highest BCUT2D eigenvalue weighted by atomic mass is 16.4. The van der Waals surface area contributed by atoms with Crippen LogP contribution >= 0.6 is 0 Å². The van der Waals surface area contributed by atoms with Gasteiger partial charge >= 0.3 is 5.97 Å². The first-order valence-electron chi connectivity index (χ1n) is 3.90. The summed E-state index contributed by atoms with van der Waals surface area (Å²) in [6.07, 6.45) is 3.59. The van der Waals surface area contributed by atoms with Gasteiger partial charge in [-0.1, -0.05) is 6.07 Å². The van der Waals surface area contributed by atoms with Gasteiger partial charge in [0, 0.05) is 18.8 Å². The second-order valence-electron chi connectivity index (χ2n) is 2.81. The fourth-order valence-corrected chi connectivity index (χ4v) is 1.26. The zero-order valence-electron chi connectivity index (χ0n) is 6.82. The van der Waals surface area contributed by atoms with E-state index in [0.717, 1.165) is 11.4 Å². The van der Waals surface area contributed by atoms with Crippen molar-refractivity contribution in [2.75, 3.05) is 5.32 Å². The molecule has 0 atom stereocenters. The molecule has 1 aromatic rings. The maximum Gasteiger partial charge on any atom is 0.333 e. The van der Waals surface area contributed by atoms with Crippen molar-refractivity contribution in [1.29, 1.82) is 0 Å². The first-order chi connectivity index (χ1) is 6.27. The summed E-state index contributed by atoms with van der Waals surface area (Å²) in [5.41, 5.74) is 1.28. The first kappa shape index (κ1) is 7.79. The van der Waals surface area contributed by atoms with E-state index in [1.54, 1.807) is 12.3 Å². The second kappa shape index (κ2) is 2.90. The zero-order valence-corrected chi connectivity index (χ0v) is 6.82. The molecule has 2 heterocycles. The molecule has 1 aliphatic heterocycles. The Morgan fingerprint density at radius 3 is 3.23 bits per heavy atom. The number of nitrogens with zero attached hydrogens (tertiary/aromatic N) is 1. The monoisotopic (exact) mass is 176 g/mol. The van der Waals surface area contributed by atoms with Crippen LogP contribution in [0.2, 0.25) is 0 Å².